The van der Waals surface area contributed by atoms with Gasteiger partial charge in [-0.2, -0.15) is 0 Å². The van der Waals surface area contributed by atoms with Crippen LogP contribution in [0.4, 0.5) is 5.69 Å². The number of amides is 2. The lowest BCUT2D eigenvalue weighted by Crippen LogP contribution is -2.36. The lowest BCUT2D eigenvalue weighted by molar-refractivity contribution is -0.123. The third-order valence-corrected chi connectivity index (χ3v) is 4.31. The van der Waals surface area contributed by atoms with E-state index in [0.29, 0.717) is 37.5 Å². The highest BCUT2D eigenvalue weighted by atomic mass is 16.2. The predicted octanol–water partition coefficient (Wildman–Crippen LogP) is 2.01. The summed E-state index contributed by atoms with van der Waals surface area (Å²) in [5, 5.41) is 5.71. The van der Waals surface area contributed by atoms with Crippen molar-refractivity contribution in [1.82, 2.24) is 10.6 Å². The number of carbonyl (C=O) groups excluding carboxylic acids is 2. The van der Waals surface area contributed by atoms with E-state index in [2.05, 4.69) is 10.6 Å². The van der Waals surface area contributed by atoms with E-state index in [1.54, 1.807) is 12.1 Å². The Hall–Kier alpha value is -2.04. The minimum Gasteiger partial charge on any atom is -0.399 e. The molecule has 0 unspecified atom stereocenters. The molecule has 1 aliphatic rings. The molecule has 4 N–H and O–H groups in total. The lowest BCUT2D eigenvalue weighted by atomic mass is 9.87. The van der Waals surface area contributed by atoms with Gasteiger partial charge < -0.3 is 16.4 Å². The van der Waals surface area contributed by atoms with E-state index in [1.807, 2.05) is 12.1 Å². The number of anilines is 1. The van der Waals surface area contributed by atoms with Crippen molar-refractivity contribution in [2.24, 2.45) is 5.92 Å². The van der Waals surface area contributed by atoms with E-state index in [4.69, 9.17) is 5.73 Å². The molecule has 1 aromatic rings. The summed E-state index contributed by atoms with van der Waals surface area (Å²) in [6, 6.07) is 7.27. The van der Waals surface area contributed by atoms with Gasteiger partial charge in [-0.3, -0.25) is 9.59 Å². The van der Waals surface area contributed by atoms with Gasteiger partial charge >= 0.3 is 0 Å². The van der Waals surface area contributed by atoms with Crippen LogP contribution in [0, 0.1) is 5.92 Å². The third kappa shape index (κ3) is 6.72. The minimum absolute atomic E-state index is 0.0451. The molecular weight excluding hydrogens is 290 g/mol. The zero-order chi connectivity index (χ0) is 16.5. The molecule has 5 heteroatoms. The fourth-order valence-electron chi connectivity index (χ4n) is 3.01. The number of hydrogen-bond donors (Lipinski definition) is 3. The summed E-state index contributed by atoms with van der Waals surface area (Å²) in [6.45, 7) is 0.948. The fourth-order valence-corrected chi connectivity index (χ4v) is 3.01. The van der Waals surface area contributed by atoms with E-state index >= 15 is 0 Å². The molecule has 0 bridgehead atoms. The standard InChI is InChI=1S/C18H27N3O2/c19-16-8-6-15(7-9-16)13-18(23)21-11-10-20-17(22)12-14-4-2-1-3-5-14/h6-9,14H,1-5,10-13,19H2,(H,20,22)(H,21,23). The van der Waals surface area contributed by atoms with Crippen LogP contribution in [0.5, 0.6) is 0 Å². The maximum atomic E-state index is 11.8. The maximum absolute atomic E-state index is 11.8. The molecule has 2 rings (SSSR count). The number of benzene rings is 1. The Balaban J connectivity index is 1.56. The SMILES string of the molecule is Nc1ccc(CC(=O)NCCNC(=O)CC2CCCCC2)cc1. The van der Waals surface area contributed by atoms with Crippen molar-refractivity contribution in [3.05, 3.63) is 29.8 Å². The highest BCUT2D eigenvalue weighted by Crippen LogP contribution is 2.25. The molecular formula is C18H27N3O2. The molecule has 1 aliphatic carbocycles. The van der Waals surface area contributed by atoms with Crippen LogP contribution in [-0.4, -0.2) is 24.9 Å². The van der Waals surface area contributed by atoms with Crippen LogP contribution in [0.25, 0.3) is 0 Å². The highest BCUT2D eigenvalue weighted by molar-refractivity contribution is 5.79. The van der Waals surface area contributed by atoms with Gasteiger partial charge in [-0.1, -0.05) is 31.4 Å². The summed E-state index contributed by atoms with van der Waals surface area (Å²) in [4.78, 5) is 23.6. The van der Waals surface area contributed by atoms with E-state index in [0.717, 1.165) is 5.56 Å². The first-order chi connectivity index (χ1) is 11.1. The number of carbonyl (C=O) groups is 2. The second-order valence-electron chi connectivity index (χ2n) is 6.33. The number of nitrogen functional groups attached to an aromatic ring is 1. The first-order valence-corrected chi connectivity index (χ1v) is 8.51. The van der Waals surface area contributed by atoms with E-state index in [-0.39, 0.29) is 11.8 Å². The molecule has 1 aromatic carbocycles. The second kappa shape index (κ2) is 9.18. The largest absolute Gasteiger partial charge is 0.399 e. The summed E-state index contributed by atoms with van der Waals surface area (Å²) in [5.41, 5.74) is 7.23. The van der Waals surface area contributed by atoms with Crippen LogP contribution in [0.2, 0.25) is 0 Å². The molecule has 2 amide bonds. The monoisotopic (exact) mass is 317 g/mol. The van der Waals surface area contributed by atoms with Gasteiger partial charge in [-0.15, -0.1) is 0 Å². The summed E-state index contributed by atoms with van der Waals surface area (Å²) in [5.74, 6) is 0.602. The lowest BCUT2D eigenvalue weighted by Gasteiger charge is -2.20. The topological polar surface area (TPSA) is 84.2 Å². The summed E-state index contributed by atoms with van der Waals surface area (Å²) >= 11 is 0. The van der Waals surface area contributed by atoms with Crippen molar-refractivity contribution in [1.29, 1.82) is 0 Å². The van der Waals surface area contributed by atoms with Crippen LogP contribution in [0.1, 0.15) is 44.1 Å². The number of hydrogen-bond acceptors (Lipinski definition) is 3. The Bertz CT molecular complexity index is 508. The molecule has 0 spiro atoms. The van der Waals surface area contributed by atoms with Crippen molar-refractivity contribution in [2.75, 3.05) is 18.8 Å². The Kier molecular flexibility index (Phi) is 6.91. The minimum atomic E-state index is -0.0451. The normalized spacial score (nSPS) is 15.1. The average molecular weight is 317 g/mol. The Morgan fingerprint density at radius 2 is 1.57 bits per heavy atom. The van der Waals surface area contributed by atoms with Crippen molar-refractivity contribution < 1.29 is 9.59 Å². The summed E-state index contributed by atoms with van der Waals surface area (Å²) < 4.78 is 0. The molecule has 0 aromatic heterocycles. The van der Waals surface area contributed by atoms with E-state index in [1.165, 1.54) is 32.1 Å². The van der Waals surface area contributed by atoms with Gasteiger partial charge in [0.15, 0.2) is 0 Å². The summed E-state index contributed by atoms with van der Waals surface area (Å²) in [7, 11) is 0. The zero-order valence-corrected chi connectivity index (χ0v) is 13.6. The smallest absolute Gasteiger partial charge is 0.224 e. The second-order valence-corrected chi connectivity index (χ2v) is 6.33. The number of nitrogens with two attached hydrogens (primary N) is 1. The molecule has 0 aliphatic heterocycles. The summed E-state index contributed by atoms with van der Waals surface area (Å²) in [6.07, 6.45) is 7.10. The van der Waals surface area contributed by atoms with Crippen molar-refractivity contribution in [3.8, 4) is 0 Å². The first-order valence-electron chi connectivity index (χ1n) is 8.51. The Labute approximate surface area is 138 Å². The molecule has 23 heavy (non-hydrogen) atoms. The van der Waals surface area contributed by atoms with Gasteiger partial charge in [0.1, 0.15) is 0 Å². The Morgan fingerprint density at radius 1 is 0.957 bits per heavy atom. The van der Waals surface area contributed by atoms with Crippen molar-refractivity contribution in [3.63, 3.8) is 0 Å². The zero-order valence-electron chi connectivity index (χ0n) is 13.6. The van der Waals surface area contributed by atoms with Crippen molar-refractivity contribution in [2.45, 2.75) is 44.9 Å². The quantitative estimate of drug-likeness (QED) is 0.531. The van der Waals surface area contributed by atoms with Crippen LogP contribution < -0.4 is 16.4 Å². The van der Waals surface area contributed by atoms with E-state index < -0.39 is 0 Å². The molecule has 5 nitrogen and oxygen atoms in total. The fraction of sp³-hybridized carbons (Fsp3) is 0.556. The van der Waals surface area contributed by atoms with Crippen molar-refractivity contribution >= 4 is 17.5 Å². The Morgan fingerprint density at radius 3 is 2.22 bits per heavy atom. The number of rotatable bonds is 7. The van der Waals surface area contributed by atoms with Crippen LogP contribution in [0.15, 0.2) is 24.3 Å². The van der Waals surface area contributed by atoms with Gasteiger partial charge in [0.05, 0.1) is 6.42 Å². The van der Waals surface area contributed by atoms with Gasteiger partial charge in [0.25, 0.3) is 0 Å². The molecule has 0 heterocycles. The number of nitrogens with one attached hydrogen (secondary N) is 2. The van der Waals surface area contributed by atoms with E-state index in [9.17, 15) is 9.59 Å². The predicted molar refractivity (Wildman–Crippen MR) is 91.8 cm³/mol. The first kappa shape index (κ1) is 17.3. The molecule has 1 saturated carbocycles. The molecule has 0 saturated heterocycles. The van der Waals surface area contributed by atoms with Gasteiger partial charge in [0, 0.05) is 25.2 Å². The van der Waals surface area contributed by atoms with Crippen LogP contribution >= 0.6 is 0 Å². The maximum Gasteiger partial charge on any atom is 0.224 e. The third-order valence-electron chi connectivity index (χ3n) is 4.31. The molecule has 0 atom stereocenters. The van der Waals surface area contributed by atoms with Gasteiger partial charge in [-0.05, 0) is 36.5 Å². The molecule has 126 valence electrons. The molecule has 1 fully saturated rings. The van der Waals surface area contributed by atoms with Gasteiger partial charge in [0.2, 0.25) is 11.8 Å². The highest BCUT2D eigenvalue weighted by Gasteiger charge is 2.16. The van der Waals surface area contributed by atoms with Crippen LogP contribution in [-0.2, 0) is 16.0 Å². The van der Waals surface area contributed by atoms with Gasteiger partial charge in [-0.25, -0.2) is 0 Å². The molecule has 0 radical (unpaired) electrons. The average Bonchev–Trinajstić information content (AvgIpc) is 2.55. The van der Waals surface area contributed by atoms with Crippen LogP contribution in [0.3, 0.4) is 0 Å².